The van der Waals surface area contributed by atoms with Crippen molar-refractivity contribution in [2.45, 2.75) is 24.8 Å². The van der Waals surface area contributed by atoms with Crippen LogP contribution in [0.3, 0.4) is 0 Å². The van der Waals surface area contributed by atoms with Gasteiger partial charge in [-0.1, -0.05) is 38.1 Å². The summed E-state index contributed by atoms with van der Waals surface area (Å²) in [7, 11) is 0. The molecule has 1 rings (SSSR count). The van der Waals surface area contributed by atoms with Gasteiger partial charge in [-0.15, -0.1) is 11.8 Å². The van der Waals surface area contributed by atoms with Crippen LogP contribution < -0.4 is 5.32 Å². The van der Waals surface area contributed by atoms with Crippen LogP contribution in [-0.2, 0) is 0 Å². The van der Waals surface area contributed by atoms with Crippen LogP contribution in [0, 0.1) is 0 Å². The molecule has 1 N–H and O–H groups in total. The predicted octanol–water partition coefficient (Wildman–Crippen LogP) is 4.10. The van der Waals surface area contributed by atoms with Gasteiger partial charge >= 0.3 is 0 Å². The zero-order valence-corrected chi connectivity index (χ0v) is 12.2. The molecule has 0 aliphatic carbocycles. The van der Waals surface area contributed by atoms with Crippen LogP contribution in [0.25, 0.3) is 0 Å². The van der Waals surface area contributed by atoms with Crippen LogP contribution in [0.2, 0.25) is 0 Å². The molecule has 0 aliphatic rings. The molecule has 1 aromatic rings. The Balaban J connectivity index is 2.35. The van der Waals surface area contributed by atoms with Gasteiger partial charge in [0.2, 0.25) is 0 Å². The van der Waals surface area contributed by atoms with E-state index in [0.29, 0.717) is 6.04 Å². The Bertz CT molecular complexity index is 350. The number of halogens is 1. The van der Waals surface area contributed by atoms with Crippen molar-refractivity contribution in [2.75, 3.05) is 12.3 Å². The normalized spacial score (nSPS) is 10.8. The van der Waals surface area contributed by atoms with Crippen LogP contribution in [0.1, 0.15) is 13.8 Å². The molecule has 0 aliphatic heterocycles. The van der Waals surface area contributed by atoms with E-state index in [4.69, 9.17) is 0 Å². The Morgan fingerprint density at radius 2 is 2.12 bits per heavy atom. The summed E-state index contributed by atoms with van der Waals surface area (Å²) >= 11 is 5.36. The minimum absolute atomic E-state index is 0.519. The maximum Gasteiger partial charge on any atom is 0.0311 e. The van der Waals surface area contributed by atoms with E-state index in [2.05, 4.69) is 59.9 Å². The number of thioether (sulfide) groups is 1. The minimum Gasteiger partial charge on any atom is -0.311 e. The zero-order chi connectivity index (χ0) is 12.0. The summed E-state index contributed by atoms with van der Waals surface area (Å²) in [5.41, 5.74) is 1.23. The monoisotopic (exact) mass is 299 g/mol. The lowest BCUT2D eigenvalue weighted by molar-refractivity contribution is 0.623. The second-order valence-electron chi connectivity index (χ2n) is 4.00. The highest BCUT2D eigenvalue weighted by Gasteiger charge is 2.01. The summed E-state index contributed by atoms with van der Waals surface area (Å²) in [6.07, 6.45) is 0. The molecule has 0 unspecified atom stereocenters. The Kier molecular flexibility index (Phi) is 6.17. The Morgan fingerprint density at radius 3 is 2.75 bits per heavy atom. The van der Waals surface area contributed by atoms with Gasteiger partial charge in [0.15, 0.2) is 0 Å². The zero-order valence-electron chi connectivity index (χ0n) is 9.79. The third-order valence-corrected chi connectivity index (χ3v) is 4.20. The lowest BCUT2D eigenvalue weighted by Crippen LogP contribution is -2.25. The quantitative estimate of drug-likeness (QED) is 0.627. The lowest BCUT2D eigenvalue weighted by Gasteiger charge is -2.10. The molecular formula is C13H18BrNS. The summed E-state index contributed by atoms with van der Waals surface area (Å²) in [5.74, 6) is 0.961. The fourth-order valence-corrected chi connectivity index (χ4v) is 2.61. The van der Waals surface area contributed by atoms with E-state index < -0.39 is 0 Å². The van der Waals surface area contributed by atoms with Crippen molar-refractivity contribution < 1.29 is 0 Å². The summed E-state index contributed by atoms with van der Waals surface area (Å²) < 4.78 is 1.16. The van der Waals surface area contributed by atoms with E-state index >= 15 is 0 Å². The molecule has 0 atom stereocenters. The van der Waals surface area contributed by atoms with Crippen molar-refractivity contribution in [2.24, 2.45) is 0 Å². The second kappa shape index (κ2) is 7.15. The largest absolute Gasteiger partial charge is 0.311 e. The van der Waals surface area contributed by atoms with Crippen molar-refractivity contribution in [1.29, 1.82) is 0 Å². The highest BCUT2D eigenvalue weighted by Crippen LogP contribution is 2.27. The molecule has 1 aromatic carbocycles. The van der Waals surface area contributed by atoms with E-state index in [1.54, 1.807) is 0 Å². The standard InChI is InChI=1S/C13H18BrNS/c1-10(2)15-8-11(3)9-16-13-7-5-4-6-12(13)14/h4-7,10,15H,3,8-9H2,1-2H3. The third kappa shape index (κ3) is 5.19. The van der Waals surface area contributed by atoms with Crippen molar-refractivity contribution >= 4 is 27.7 Å². The molecule has 0 spiro atoms. The smallest absolute Gasteiger partial charge is 0.0311 e. The first-order chi connectivity index (χ1) is 7.59. The summed E-state index contributed by atoms with van der Waals surface area (Å²) in [6, 6.07) is 8.80. The molecule has 3 heteroatoms. The van der Waals surface area contributed by atoms with Crippen LogP contribution >= 0.6 is 27.7 Å². The topological polar surface area (TPSA) is 12.0 Å². The second-order valence-corrected chi connectivity index (χ2v) is 5.88. The van der Waals surface area contributed by atoms with Gasteiger partial charge in [-0.05, 0) is 28.1 Å². The first-order valence-corrected chi connectivity index (χ1v) is 7.15. The van der Waals surface area contributed by atoms with E-state index in [1.807, 2.05) is 17.8 Å². The molecule has 0 bridgehead atoms. The molecular weight excluding hydrogens is 282 g/mol. The number of benzene rings is 1. The SMILES string of the molecule is C=C(CNC(C)C)CSc1ccccc1Br. The van der Waals surface area contributed by atoms with Crippen LogP contribution in [0.15, 0.2) is 45.8 Å². The number of hydrogen-bond donors (Lipinski definition) is 1. The average molecular weight is 300 g/mol. The maximum absolute atomic E-state index is 4.07. The van der Waals surface area contributed by atoms with Crippen LogP contribution in [0.5, 0.6) is 0 Å². The van der Waals surface area contributed by atoms with E-state index in [0.717, 1.165) is 16.8 Å². The number of hydrogen-bond acceptors (Lipinski definition) is 2. The highest BCUT2D eigenvalue weighted by molar-refractivity contribution is 9.10. The Morgan fingerprint density at radius 1 is 1.44 bits per heavy atom. The van der Waals surface area contributed by atoms with Crippen molar-refractivity contribution in [3.63, 3.8) is 0 Å². The molecule has 0 saturated carbocycles. The van der Waals surface area contributed by atoms with Crippen molar-refractivity contribution in [3.8, 4) is 0 Å². The van der Waals surface area contributed by atoms with Gasteiger partial charge in [0.25, 0.3) is 0 Å². The van der Waals surface area contributed by atoms with Gasteiger partial charge in [-0.3, -0.25) is 0 Å². The summed E-state index contributed by atoms with van der Waals surface area (Å²) in [4.78, 5) is 1.27. The molecule has 0 fully saturated rings. The van der Waals surface area contributed by atoms with Gasteiger partial charge in [0, 0.05) is 27.7 Å². The van der Waals surface area contributed by atoms with Crippen molar-refractivity contribution in [3.05, 3.63) is 40.9 Å². The Hall–Kier alpha value is -0.250. The fourth-order valence-electron chi connectivity index (χ4n) is 1.14. The molecule has 16 heavy (non-hydrogen) atoms. The molecule has 88 valence electrons. The van der Waals surface area contributed by atoms with Gasteiger partial charge in [-0.2, -0.15) is 0 Å². The number of rotatable bonds is 6. The van der Waals surface area contributed by atoms with Gasteiger partial charge in [-0.25, -0.2) is 0 Å². The molecule has 0 aromatic heterocycles. The predicted molar refractivity (Wildman–Crippen MR) is 77.1 cm³/mol. The maximum atomic E-state index is 4.07. The van der Waals surface area contributed by atoms with Crippen LogP contribution in [-0.4, -0.2) is 18.3 Å². The highest BCUT2D eigenvalue weighted by atomic mass is 79.9. The molecule has 0 heterocycles. The van der Waals surface area contributed by atoms with Crippen molar-refractivity contribution in [1.82, 2.24) is 5.32 Å². The summed E-state index contributed by atoms with van der Waals surface area (Å²) in [5, 5.41) is 3.37. The molecule has 0 amide bonds. The molecule has 0 saturated heterocycles. The fraction of sp³-hybridized carbons (Fsp3) is 0.385. The van der Waals surface area contributed by atoms with E-state index in [1.165, 1.54) is 10.5 Å². The first-order valence-electron chi connectivity index (χ1n) is 5.37. The van der Waals surface area contributed by atoms with E-state index in [-0.39, 0.29) is 0 Å². The Labute approximate surface area is 111 Å². The third-order valence-electron chi connectivity index (χ3n) is 2.03. The lowest BCUT2D eigenvalue weighted by atomic mass is 10.3. The van der Waals surface area contributed by atoms with Gasteiger partial charge < -0.3 is 5.32 Å². The number of nitrogens with one attached hydrogen (secondary N) is 1. The summed E-state index contributed by atoms with van der Waals surface area (Å²) in [6.45, 7) is 9.26. The van der Waals surface area contributed by atoms with Crippen LogP contribution in [0.4, 0.5) is 0 Å². The minimum atomic E-state index is 0.519. The van der Waals surface area contributed by atoms with Gasteiger partial charge in [0.05, 0.1) is 0 Å². The molecule has 1 nitrogen and oxygen atoms in total. The average Bonchev–Trinajstić information content (AvgIpc) is 2.25. The van der Waals surface area contributed by atoms with Gasteiger partial charge in [0.1, 0.15) is 0 Å². The molecule has 0 radical (unpaired) electrons. The first kappa shape index (κ1) is 13.8. The van der Waals surface area contributed by atoms with E-state index in [9.17, 15) is 0 Å².